The van der Waals surface area contributed by atoms with Gasteiger partial charge >= 0.3 is 5.69 Å². The SMILES string of the molecule is O=C(Nc1cccnc1)c1c[nH]c(=O)n(Cc2ccccc2F)c1=O. The highest BCUT2D eigenvalue weighted by Gasteiger charge is 2.16. The van der Waals surface area contributed by atoms with Crippen molar-refractivity contribution in [2.24, 2.45) is 0 Å². The van der Waals surface area contributed by atoms with Crippen LogP contribution >= 0.6 is 0 Å². The van der Waals surface area contributed by atoms with E-state index in [4.69, 9.17) is 0 Å². The molecule has 7 nitrogen and oxygen atoms in total. The maximum atomic E-state index is 13.8. The van der Waals surface area contributed by atoms with E-state index in [-0.39, 0.29) is 17.7 Å². The third-order valence-corrected chi connectivity index (χ3v) is 3.51. The lowest BCUT2D eigenvalue weighted by Gasteiger charge is -2.08. The molecule has 0 atom stereocenters. The molecule has 25 heavy (non-hydrogen) atoms. The van der Waals surface area contributed by atoms with Gasteiger partial charge in [0.05, 0.1) is 18.4 Å². The van der Waals surface area contributed by atoms with Crippen LogP contribution in [0, 0.1) is 5.82 Å². The summed E-state index contributed by atoms with van der Waals surface area (Å²) in [5.41, 5.74) is -1.24. The third-order valence-electron chi connectivity index (χ3n) is 3.51. The van der Waals surface area contributed by atoms with E-state index in [9.17, 15) is 18.8 Å². The zero-order valence-corrected chi connectivity index (χ0v) is 12.9. The Balaban J connectivity index is 1.95. The summed E-state index contributed by atoms with van der Waals surface area (Å²) in [4.78, 5) is 42.9. The van der Waals surface area contributed by atoms with E-state index in [1.54, 1.807) is 18.2 Å². The van der Waals surface area contributed by atoms with E-state index in [0.717, 1.165) is 10.8 Å². The number of aromatic amines is 1. The third kappa shape index (κ3) is 3.52. The van der Waals surface area contributed by atoms with Gasteiger partial charge in [0.15, 0.2) is 0 Å². The number of aromatic nitrogens is 3. The largest absolute Gasteiger partial charge is 0.328 e. The second-order valence-electron chi connectivity index (χ2n) is 5.19. The lowest BCUT2D eigenvalue weighted by Crippen LogP contribution is -2.39. The minimum absolute atomic E-state index is 0.167. The number of nitrogens with zero attached hydrogens (tertiary/aromatic N) is 2. The monoisotopic (exact) mass is 340 g/mol. The number of benzene rings is 1. The van der Waals surface area contributed by atoms with Crippen molar-refractivity contribution in [1.29, 1.82) is 0 Å². The highest BCUT2D eigenvalue weighted by Crippen LogP contribution is 2.07. The Hall–Kier alpha value is -3.55. The molecule has 1 aromatic carbocycles. The lowest BCUT2D eigenvalue weighted by atomic mass is 10.2. The molecule has 0 spiro atoms. The van der Waals surface area contributed by atoms with Gasteiger partial charge in [0.1, 0.15) is 11.4 Å². The van der Waals surface area contributed by atoms with Crippen LogP contribution in [0.4, 0.5) is 10.1 Å². The number of halogens is 1. The molecule has 0 saturated heterocycles. The van der Waals surface area contributed by atoms with Crippen LogP contribution < -0.4 is 16.6 Å². The van der Waals surface area contributed by atoms with Gasteiger partial charge in [0.25, 0.3) is 11.5 Å². The van der Waals surface area contributed by atoms with Crippen LogP contribution in [-0.2, 0) is 6.54 Å². The van der Waals surface area contributed by atoms with Crippen molar-refractivity contribution in [2.75, 3.05) is 5.32 Å². The molecule has 2 aromatic heterocycles. The molecule has 0 aliphatic rings. The van der Waals surface area contributed by atoms with Gasteiger partial charge in [-0.1, -0.05) is 18.2 Å². The van der Waals surface area contributed by atoms with Crippen molar-refractivity contribution in [3.8, 4) is 0 Å². The van der Waals surface area contributed by atoms with Crippen LogP contribution in [0.3, 0.4) is 0 Å². The van der Waals surface area contributed by atoms with E-state index in [0.29, 0.717) is 5.69 Å². The van der Waals surface area contributed by atoms with Gasteiger partial charge in [0.2, 0.25) is 0 Å². The number of H-pyrrole nitrogens is 1. The first-order chi connectivity index (χ1) is 12.1. The Morgan fingerprint density at radius 1 is 1.20 bits per heavy atom. The number of pyridine rings is 1. The van der Waals surface area contributed by atoms with Crippen LogP contribution in [0.1, 0.15) is 15.9 Å². The minimum atomic E-state index is -0.812. The van der Waals surface area contributed by atoms with Crippen molar-refractivity contribution in [1.82, 2.24) is 14.5 Å². The number of hydrogen-bond acceptors (Lipinski definition) is 4. The Labute approximate surface area is 140 Å². The first kappa shape index (κ1) is 16.3. The Morgan fingerprint density at radius 3 is 2.72 bits per heavy atom. The van der Waals surface area contributed by atoms with Gasteiger partial charge in [-0.25, -0.2) is 9.18 Å². The Morgan fingerprint density at radius 2 is 2.00 bits per heavy atom. The molecular formula is C17H13FN4O3. The average Bonchev–Trinajstić information content (AvgIpc) is 2.61. The summed E-state index contributed by atoms with van der Waals surface area (Å²) in [7, 11) is 0. The lowest BCUT2D eigenvalue weighted by molar-refractivity contribution is 0.102. The fourth-order valence-corrected chi connectivity index (χ4v) is 2.25. The molecule has 0 saturated carbocycles. The first-order valence-corrected chi connectivity index (χ1v) is 7.33. The van der Waals surface area contributed by atoms with Gasteiger partial charge in [-0.2, -0.15) is 0 Å². The molecule has 3 rings (SSSR count). The van der Waals surface area contributed by atoms with Crippen LogP contribution in [-0.4, -0.2) is 20.4 Å². The average molecular weight is 340 g/mol. The Kier molecular flexibility index (Phi) is 4.51. The molecule has 126 valence electrons. The fraction of sp³-hybridized carbons (Fsp3) is 0.0588. The summed E-state index contributed by atoms with van der Waals surface area (Å²) in [6, 6.07) is 9.02. The summed E-state index contributed by atoms with van der Waals surface area (Å²) in [5, 5.41) is 2.51. The molecule has 0 aliphatic carbocycles. The van der Waals surface area contributed by atoms with Gasteiger partial charge in [-0.15, -0.1) is 0 Å². The van der Waals surface area contributed by atoms with E-state index >= 15 is 0 Å². The molecule has 3 aromatic rings. The van der Waals surface area contributed by atoms with Crippen molar-refractivity contribution >= 4 is 11.6 Å². The second-order valence-corrected chi connectivity index (χ2v) is 5.19. The molecule has 1 amide bonds. The summed E-state index contributed by atoms with van der Waals surface area (Å²) >= 11 is 0. The minimum Gasteiger partial charge on any atom is -0.320 e. The topological polar surface area (TPSA) is 96.8 Å². The summed E-state index contributed by atoms with van der Waals surface area (Å²) in [6.07, 6.45) is 3.99. The molecule has 0 bridgehead atoms. The maximum Gasteiger partial charge on any atom is 0.328 e. The maximum absolute atomic E-state index is 13.8. The Bertz CT molecular complexity index is 1030. The molecule has 8 heteroatoms. The normalized spacial score (nSPS) is 10.4. The van der Waals surface area contributed by atoms with Crippen molar-refractivity contribution in [3.05, 3.63) is 92.8 Å². The van der Waals surface area contributed by atoms with E-state index in [1.807, 2.05) is 0 Å². The van der Waals surface area contributed by atoms with Gasteiger partial charge < -0.3 is 10.3 Å². The molecule has 0 radical (unpaired) electrons. The van der Waals surface area contributed by atoms with E-state index in [2.05, 4.69) is 15.3 Å². The van der Waals surface area contributed by atoms with Gasteiger partial charge in [0, 0.05) is 18.0 Å². The predicted octanol–water partition coefficient (Wildman–Crippen LogP) is 1.37. The highest BCUT2D eigenvalue weighted by molar-refractivity contribution is 6.03. The number of rotatable bonds is 4. The summed E-state index contributed by atoms with van der Waals surface area (Å²) < 4.78 is 14.5. The standard InChI is InChI=1S/C17H13FN4O3/c18-14-6-2-1-4-11(14)10-22-16(24)13(9-20-17(22)25)15(23)21-12-5-3-7-19-8-12/h1-9H,10H2,(H,20,25)(H,21,23). The number of nitrogens with one attached hydrogen (secondary N) is 2. The smallest absolute Gasteiger partial charge is 0.320 e. The highest BCUT2D eigenvalue weighted by atomic mass is 19.1. The van der Waals surface area contributed by atoms with Crippen molar-refractivity contribution in [2.45, 2.75) is 6.54 Å². The van der Waals surface area contributed by atoms with Crippen LogP contribution in [0.15, 0.2) is 64.6 Å². The number of anilines is 1. The number of amides is 1. The summed E-state index contributed by atoms with van der Waals surface area (Å²) in [6.45, 7) is -0.283. The molecule has 2 N–H and O–H groups in total. The van der Waals surface area contributed by atoms with Crippen LogP contribution in [0.25, 0.3) is 0 Å². The number of hydrogen-bond donors (Lipinski definition) is 2. The van der Waals surface area contributed by atoms with E-state index < -0.39 is 23.0 Å². The van der Waals surface area contributed by atoms with Crippen LogP contribution in [0.5, 0.6) is 0 Å². The number of carbonyl (C=O) groups excluding carboxylic acids is 1. The molecule has 0 fully saturated rings. The van der Waals surface area contributed by atoms with Gasteiger partial charge in [-0.3, -0.25) is 19.1 Å². The quantitative estimate of drug-likeness (QED) is 0.750. The first-order valence-electron chi connectivity index (χ1n) is 7.33. The molecular weight excluding hydrogens is 327 g/mol. The number of carbonyl (C=O) groups is 1. The predicted molar refractivity (Wildman–Crippen MR) is 89.0 cm³/mol. The van der Waals surface area contributed by atoms with Crippen molar-refractivity contribution in [3.63, 3.8) is 0 Å². The van der Waals surface area contributed by atoms with Crippen LogP contribution in [0.2, 0.25) is 0 Å². The van der Waals surface area contributed by atoms with E-state index in [1.165, 1.54) is 30.6 Å². The molecule has 0 aliphatic heterocycles. The van der Waals surface area contributed by atoms with Gasteiger partial charge in [-0.05, 0) is 18.2 Å². The summed E-state index contributed by atoms with van der Waals surface area (Å²) in [5.74, 6) is -1.24. The zero-order valence-electron chi connectivity index (χ0n) is 12.9. The van der Waals surface area contributed by atoms with Crippen molar-refractivity contribution < 1.29 is 9.18 Å². The molecule has 2 heterocycles. The molecule has 0 unspecified atom stereocenters. The zero-order chi connectivity index (χ0) is 17.8. The fourth-order valence-electron chi connectivity index (χ4n) is 2.25. The second kappa shape index (κ2) is 6.91.